The normalized spacial score (nSPS) is 16.9. The van der Waals surface area contributed by atoms with E-state index in [9.17, 15) is 34.5 Å². The van der Waals surface area contributed by atoms with Gasteiger partial charge in [0.2, 0.25) is 0 Å². The Balaban J connectivity index is 5.88. The lowest BCUT2D eigenvalue weighted by molar-refractivity contribution is -0.158. The number of aliphatic carboxylic acids is 3. The number of carboxylic acids is 3. The first-order chi connectivity index (χ1) is 15.5. The molecule has 192 valence electrons. The topological polar surface area (TPSA) is 166 Å². The zero-order valence-corrected chi connectivity index (χ0v) is 20.0. The van der Waals surface area contributed by atoms with Gasteiger partial charge >= 0.3 is 17.9 Å². The second-order valence-electron chi connectivity index (χ2n) is 8.18. The van der Waals surface area contributed by atoms with Crippen molar-refractivity contribution in [1.82, 2.24) is 0 Å². The van der Waals surface area contributed by atoms with E-state index in [0.29, 0.717) is 6.61 Å². The number of Topliss-reactive ketones (excluding diaryl/α,β-unsaturated/α-hetero) is 1. The second kappa shape index (κ2) is 16.5. The number of hydrogen-bond acceptors (Lipinski definition) is 8. The Morgan fingerprint density at radius 2 is 1.21 bits per heavy atom. The van der Waals surface area contributed by atoms with Gasteiger partial charge in [0.1, 0.15) is 5.78 Å². The molecule has 0 saturated heterocycles. The number of carbonyl (C=O) groups excluding carboxylic acids is 1. The van der Waals surface area contributed by atoms with Crippen molar-refractivity contribution in [2.75, 3.05) is 53.9 Å². The predicted octanol–water partition coefficient (Wildman–Crippen LogP) is 1.28. The van der Waals surface area contributed by atoms with Crippen molar-refractivity contribution in [1.29, 1.82) is 0 Å². The van der Waals surface area contributed by atoms with Gasteiger partial charge < -0.3 is 34.3 Å². The van der Waals surface area contributed by atoms with Gasteiger partial charge in [-0.2, -0.15) is 0 Å². The molecule has 0 aromatic rings. The molecule has 0 rings (SSSR count). The Morgan fingerprint density at radius 3 is 1.61 bits per heavy atom. The fourth-order valence-corrected chi connectivity index (χ4v) is 3.89. The summed E-state index contributed by atoms with van der Waals surface area (Å²) in [5, 5.41) is 29.1. The molecule has 6 unspecified atom stereocenters. The minimum atomic E-state index is -1.38. The molecule has 0 fully saturated rings. The molecule has 0 amide bonds. The number of ether oxygens (including phenoxy) is 4. The lowest BCUT2D eigenvalue weighted by atomic mass is 9.71. The number of carbonyl (C=O) groups is 4. The molecule has 11 heteroatoms. The van der Waals surface area contributed by atoms with E-state index in [1.807, 2.05) is 0 Å². The Morgan fingerprint density at radius 1 is 0.727 bits per heavy atom. The van der Waals surface area contributed by atoms with Crippen molar-refractivity contribution in [3.05, 3.63) is 0 Å². The summed E-state index contributed by atoms with van der Waals surface area (Å²) in [7, 11) is 2.97. The van der Waals surface area contributed by atoms with Crippen LogP contribution in [0.15, 0.2) is 0 Å². The average molecular weight is 479 g/mol. The zero-order valence-electron chi connectivity index (χ0n) is 20.0. The SMILES string of the molecule is COCCOCC(C)C(C(=O)O)C(CC(COCCOC)C(C(=O)O)C(C)C(=O)O)C(C)=O. The number of hydrogen-bond donors (Lipinski definition) is 3. The van der Waals surface area contributed by atoms with Crippen molar-refractivity contribution < 1.29 is 53.4 Å². The van der Waals surface area contributed by atoms with E-state index < -0.39 is 59.2 Å². The van der Waals surface area contributed by atoms with E-state index in [1.54, 1.807) is 6.92 Å². The number of methoxy groups -OCH3 is 2. The van der Waals surface area contributed by atoms with Gasteiger partial charge in [-0.15, -0.1) is 0 Å². The van der Waals surface area contributed by atoms with Crippen LogP contribution in [-0.2, 0) is 38.1 Å². The molecular formula is C22H38O11. The van der Waals surface area contributed by atoms with Crippen molar-refractivity contribution in [3.8, 4) is 0 Å². The van der Waals surface area contributed by atoms with Crippen LogP contribution in [0.2, 0.25) is 0 Å². The van der Waals surface area contributed by atoms with E-state index in [1.165, 1.54) is 28.1 Å². The van der Waals surface area contributed by atoms with Gasteiger partial charge in [0.05, 0.1) is 57.4 Å². The highest BCUT2D eigenvalue weighted by atomic mass is 16.5. The highest BCUT2D eigenvalue weighted by Crippen LogP contribution is 2.34. The van der Waals surface area contributed by atoms with Crippen LogP contribution >= 0.6 is 0 Å². The Labute approximate surface area is 194 Å². The fraction of sp³-hybridized carbons (Fsp3) is 0.818. The average Bonchev–Trinajstić information content (AvgIpc) is 2.72. The van der Waals surface area contributed by atoms with Crippen molar-refractivity contribution in [2.24, 2.45) is 35.5 Å². The summed E-state index contributed by atoms with van der Waals surface area (Å²) in [5.74, 6) is -10.6. The molecule has 33 heavy (non-hydrogen) atoms. The van der Waals surface area contributed by atoms with Crippen LogP contribution in [0.3, 0.4) is 0 Å². The molecule has 0 saturated carbocycles. The van der Waals surface area contributed by atoms with Crippen LogP contribution < -0.4 is 0 Å². The first kappa shape index (κ1) is 30.9. The monoisotopic (exact) mass is 478 g/mol. The van der Waals surface area contributed by atoms with Crippen LogP contribution in [0, 0.1) is 35.5 Å². The molecule has 11 nitrogen and oxygen atoms in total. The second-order valence-corrected chi connectivity index (χ2v) is 8.18. The third-order valence-corrected chi connectivity index (χ3v) is 5.71. The fourth-order valence-electron chi connectivity index (χ4n) is 3.89. The molecule has 0 aliphatic rings. The minimum absolute atomic E-state index is 0.0625. The van der Waals surface area contributed by atoms with Crippen LogP contribution in [0.1, 0.15) is 27.2 Å². The highest BCUT2D eigenvalue weighted by Gasteiger charge is 2.43. The maximum Gasteiger partial charge on any atom is 0.307 e. The van der Waals surface area contributed by atoms with E-state index in [4.69, 9.17) is 18.9 Å². The molecule has 0 aromatic carbocycles. The van der Waals surface area contributed by atoms with Gasteiger partial charge in [0.25, 0.3) is 0 Å². The van der Waals surface area contributed by atoms with E-state index in [2.05, 4.69) is 0 Å². The molecule has 3 N–H and O–H groups in total. The molecule has 0 aliphatic heterocycles. The first-order valence-electron chi connectivity index (χ1n) is 10.8. The van der Waals surface area contributed by atoms with Crippen LogP contribution in [0.25, 0.3) is 0 Å². The number of rotatable bonds is 20. The number of carboxylic acid groups (broad SMARTS) is 3. The lowest BCUT2D eigenvalue weighted by Gasteiger charge is -2.33. The first-order valence-corrected chi connectivity index (χ1v) is 10.8. The highest BCUT2D eigenvalue weighted by molar-refractivity contribution is 5.85. The molecule has 0 spiro atoms. The van der Waals surface area contributed by atoms with Crippen LogP contribution in [0.5, 0.6) is 0 Å². The lowest BCUT2D eigenvalue weighted by Crippen LogP contribution is -2.42. The predicted molar refractivity (Wildman–Crippen MR) is 116 cm³/mol. The summed E-state index contributed by atoms with van der Waals surface area (Å²) in [6.07, 6.45) is -0.156. The van der Waals surface area contributed by atoms with E-state index in [0.717, 1.165) is 0 Å². The summed E-state index contributed by atoms with van der Waals surface area (Å²) in [6, 6.07) is 0. The molecule has 0 aromatic heterocycles. The van der Waals surface area contributed by atoms with Gasteiger partial charge in [0, 0.05) is 20.1 Å². The van der Waals surface area contributed by atoms with Gasteiger partial charge in [-0.05, 0) is 25.2 Å². The molecule has 0 heterocycles. The molecular weight excluding hydrogens is 440 g/mol. The third kappa shape index (κ3) is 11.1. The smallest absolute Gasteiger partial charge is 0.307 e. The van der Waals surface area contributed by atoms with E-state index >= 15 is 0 Å². The van der Waals surface area contributed by atoms with Crippen LogP contribution in [0.4, 0.5) is 0 Å². The quantitative estimate of drug-likeness (QED) is 0.216. The zero-order chi connectivity index (χ0) is 25.6. The summed E-state index contributed by atoms with van der Waals surface area (Å²) >= 11 is 0. The standard InChI is InChI=1S/C22H38O11/c1-13(11-32-8-6-30-4)18(21(26)27)17(15(3)23)10-16(12-33-9-7-31-5)19(22(28)29)14(2)20(24)25/h13-14,16-19H,6-12H2,1-5H3,(H,24,25)(H,26,27)(H,28,29). The maximum absolute atomic E-state index is 12.5. The van der Waals surface area contributed by atoms with Crippen molar-refractivity contribution in [2.45, 2.75) is 27.2 Å². The molecule has 0 bridgehead atoms. The molecule has 0 radical (unpaired) electrons. The third-order valence-electron chi connectivity index (χ3n) is 5.71. The van der Waals surface area contributed by atoms with Gasteiger partial charge in [-0.25, -0.2) is 0 Å². The van der Waals surface area contributed by atoms with Gasteiger partial charge in [0.15, 0.2) is 0 Å². The number of ketones is 1. The Bertz CT molecular complexity index is 621. The van der Waals surface area contributed by atoms with Gasteiger partial charge in [-0.1, -0.05) is 13.8 Å². The molecule has 0 aliphatic carbocycles. The summed E-state index contributed by atoms with van der Waals surface area (Å²) < 4.78 is 20.7. The Kier molecular flexibility index (Phi) is 15.5. The van der Waals surface area contributed by atoms with Crippen molar-refractivity contribution in [3.63, 3.8) is 0 Å². The van der Waals surface area contributed by atoms with Gasteiger partial charge in [-0.3, -0.25) is 19.2 Å². The van der Waals surface area contributed by atoms with Crippen molar-refractivity contribution >= 4 is 23.7 Å². The minimum Gasteiger partial charge on any atom is -0.481 e. The summed E-state index contributed by atoms with van der Waals surface area (Å²) in [4.78, 5) is 48.2. The maximum atomic E-state index is 12.5. The van der Waals surface area contributed by atoms with E-state index in [-0.39, 0.29) is 39.5 Å². The summed E-state index contributed by atoms with van der Waals surface area (Å²) in [5.41, 5.74) is 0. The Hall–Kier alpha value is -2.08. The summed E-state index contributed by atoms with van der Waals surface area (Å²) in [6.45, 7) is 5.02. The largest absolute Gasteiger partial charge is 0.481 e. The van der Waals surface area contributed by atoms with Crippen LogP contribution in [-0.4, -0.2) is 92.9 Å². The molecule has 6 atom stereocenters.